The SMILES string of the molecule is CCCCCCCCC=NC[C@H](O)[C@@H](O)[C@H](O)[C@H](O)CO. The highest BCUT2D eigenvalue weighted by Gasteiger charge is 2.29. The second-order valence-corrected chi connectivity index (χ2v) is 5.40. The van der Waals surface area contributed by atoms with Gasteiger partial charge in [-0.2, -0.15) is 0 Å². The van der Waals surface area contributed by atoms with Crippen molar-refractivity contribution in [2.24, 2.45) is 4.99 Å². The number of hydrogen-bond acceptors (Lipinski definition) is 6. The van der Waals surface area contributed by atoms with Gasteiger partial charge in [0, 0.05) is 0 Å². The molecule has 5 N–H and O–H groups in total. The second-order valence-electron chi connectivity index (χ2n) is 5.40. The van der Waals surface area contributed by atoms with E-state index in [1.54, 1.807) is 6.21 Å². The van der Waals surface area contributed by atoms with Crippen molar-refractivity contribution in [3.8, 4) is 0 Å². The first kappa shape index (κ1) is 20.5. The van der Waals surface area contributed by atoms with Crippen molar-refractivity contribution < 1.29 is 25.5 Å². The van der Waals surface area contributed by atoms with E-state index in [-0.39, 0.29) is 6.54 Å². The van der Waals surface area contributed by atoms with Gasteiger partial charge in [-0.15, -0.1) is 0 Å². The van der Waals surface area contributed by atoms with Crippen LogP contribution in [0.4, 0.5) is 0 Å². The summed E-state index contributed by atoms with van der Waals surface area (Å²) >= 11 is 0. The number of nitrogens with zero attached hydrogens (tertiary/aromatic N) is 1. The molecule has 0 rings (SSSR count). The molecule has 0 bridgehead atoms. The predicted molar refractivity (Wildman–Crippen MR) is 82.5 cm³/mol. The maximum Gasteiger partial charge on any atom is 0.111 e. The molecule has 0 amide bonds. The van der Waals surface area contributed by atoms with Crippen molar-refractivity contribution >= 4 is 6.21 Å². The Balaban J connectivity index is 3.71. The van der Waals surface area contributed by atoms with Crippen LogP contribution in [0.15, 0.2) is 4.99 Å². The van der Waals surface area contributed by atoms with Gasteiger partial charge < -0.3 is 25.5 Å². The van der Waals surface area contributed by atoms with Crippen molar-refractivity contribution in [2.75, 3.05) is 13.2 Å². The van der Waals surface area contributed by atoms with Crippen LogP contribution in [0.3, 0.4) is 0 Å². The summed E-state index contributed by atoms with van der Waals surface area (Å²) in [6.45, 7) is 1.47. The molecule has 0 unspecified atom stereocenters. The summed E-state index contributed by atoms with van der Waals surface area (Å²) in [5.74, 6) is 0. The number of hydrogen-bond donors (Lipinski definition) is 5. The number of aliphatic imine (C=N–C) groups is 1. The number of rotatable bonds is 13. The van der Waals surface area contributed by atoms with E-state index in [2.05, 4.69) is 11.9 Å². The molecule has 0 aliphatic rings. The third-order valence-corrected chi connectivity index (χ3v) is 3.43. The first-order valence-corrected chi connectivity index (χ1v) is 7.86. The molecule has 0 radical (unpaired) electrons. The third-order valence-electron chi connectivity index (χ3n) is 3.43. The standard InChI is InChI=1S/C15H31NO5/c1-2-3-4-5-6-7-8-9-16-10-12(18)14(20)15(21)13(19)11-17/h9,12-15,17-21H,2-8,10-11H2,1H3/t12-,13+,14+,15+/m0/s1. The first-order chi connectivity index (χ1) is 10.0. The minimum Gasteiger partial charge on any atom is -0.394 e. The van der Waals surface area contributed by atoms with E-state index in [1.165, 1.54) is 32.1 Å². The molecule has 0 aromatic rings. The largest absolute Gasteiger partial charge is 0.394 e. The fourth-order valence-corrected chi connectivity index (χ4v) is 1.96. The van der Waals surface area contributed by atoms with Crippen LogP contribution in [0.25, 0.3) is 0 Å². The van der Waals surface area contributed by atoms with Gasteiger partial charge in [-0.05, 0) is 19.1 Å². The van der Waals surface area contributed by atoms with Crippen molar-refractivity contribution in [3.63, 3.8) is 0 Å². The lowest BCUT2D eigenvalue weighted by atomic mass is 10.0. The van der Waals surface area contributed by atoms with Gasteiger partial charge in [-0.3, -0.25) is 4.99 Å². The Morgan fingerprint density at radius 3 is 2.05 bits per heavy atom. The molecule has 126 valence electrons. The van der Waals surface area contributed by atoms with Crippen LogP contribution in [0.2, 0.25) is 0 Å². The molecule has 6 nitrogen and oxygen atoms in total. The number of aliphatic hydroxyl groups excluding tert-OH is 5. The number of unbranched alkanes of at least 4 members (excludes halogenated alkanes) is 6. The van der Waals surface area contributed by atoms with E-state index >= 15 is 0 Å². The summed E-state index contributed by atoms with van der Waals surface area (Å²) in [5, 5.41) is 46.4. The minimum absolute atomic E-state index is 0.0355. The summed E-state index contributed by atoms with van der Waals surface area (Å²) in [5.41, 5.74) is 0. The quantitative estimate of drug-likeness (QED) is 0.247. The highest BCUT2D eigenvalue weighted by molar-refractivity contribution is 5.56. The molecular formula is C15H31NO5. The van der Waals surface area contributed by atoms with Crippen LogP contribution < -0.4 is 0 Å². The Morgan fingerprint density at radius 2 is 1.43 bits per heavy atom. The van der Waals surface area contributed by atoms with E-state index < -0.39 is 31.0 Å². The van der Waals surface area contributed by atoms with Crippen LogP contribution in [-0.4, -0.2) is 69.3 Å². The maximum atomic E-state index is 9.62. The third kappa shape index (κ3) is 9.92. The summed E-state index contributed by atoms with van der Waals surface area (Å²) in [6, 6.07) is 0. The van der Waals surface area contributed by atoms with E-state index in [9.17, 15) is 15.3 Å². The van der Waals surface area contributed by atoms with Gasteiger partial charge in [-0.1, -0.05) is 39.0 Å². The molecule has 0 heterocycles. The number of aliphatic hydroxyl groups is 5. The summed E-state index contributed by atoms with van der Waals surface area (Å²) in [7, 11) is 0. The van der Waals surface area contributed by atoms with Crippen molar-refractivity contribution in [1.29, 1.82) is 0 Å². The first-order valence-electron chi connectivity index (χ1n) is 7.86. The fourth-order valence-electron chi connectivity index (χ4n) is 1.96. The highest BCUT2D eigenvalue weighted by Crippen LogP contribution is 2.07. The van der Waals surface area contributed by atoms with Crippen LogP contribution in [0.1, 0.15) is 51.9 Å². The molecule has 0 aliphatic heterocycles. The zero-order valence-electron chi connectivity index (χ0n) is 12.9. The summed E-state index contributed by atoms with van der Waals surface area (Å²) in [6.07, 6.45) is 3.93. The fraction of sp³-hybridized carbons (Fsp3) is 0.933. The Hall–Kier alpha value is -0.530. The lowest BCUT2D eigenvalue weighted by Gasteiger charge is -2.24. The Bertz CT molecular complexity index is 262. The molecule has 0 saturated heterocycles. The van der Waals surface area contributed by atoms with Crippen molar-refractivity contribution in [2.45, 2.75) is 76.3 Å². The van der Waals surface area contributed by atoms with Gasteiger partial charge in [0.1, 0.15) is 24.4 Å². The molecule has 6 heteroatoms. The minimum atomic E-state index is -1.58. The average Bonchev–Trinajstić information content (AvgIpc) is 2.50. The lowest BCUT2D eigenvalue weighted by molar-refractivity contribution is -0.112. The zero-order valence-corrected chi connectivity index (χ0v) is 12.9. The zero-order chi connectivity index (χ0) is 16.1. The van der Waals surface area contributed by atoms with Crippen molar-refractivity contribution in [3.05, 3.63) is 0 Å². The normalized spacial score (nSPS) is 17.8. The van der Waals surface area contributed by atoms with E-state index in [0.717, 1.165) is 12.8 Å². The Morgan fingerprint density at radius 1 is 0.857 bits per heavy atom. The van der Waals surface area contributed by atoms with Gasteiger partial charge >= 0.3 is 0 Å². The average molecular weight is 305 g/mol. The van der Waals surface area contributed by atoms with E-state index in [4.69, 9.17) is 10.2 Å². The van der Waals surface area contributed by atoms with Crippen LogP contribution in [-0.2, 0) is 0 Å². The van der Waals surface area contributed by atoms with E-state index in [0.29, 0.717) is 0 Å². The van der Waals surface area contributed by atoms with Crippen molar-refractivity contribution in [1.82, 2.24) is 0 Å². The molecule has 0 aromatic heterocycles. The maximum absolute atomic E-state index is 9.62. The van der Waals surface area contributed by atoms with Gasteiger partial charge in [0.25, 0.3) is 0 Å². The smallest absolute Gasteiger partial charge is 0.111 e. The Kier molecular flexibility index (Phi) is 12.8. The molecule has 0 saturated carbocycles. The molecule has 0 fully saturated rings. The summed E-state index contributed by atoms with van der Waals surface area (Å²) < 4.78 is 0. The Labute approximate surface area is 127 Å². The second kappa shape index (κ2) is 13.2. The molecule has 0 aliphatic carbocycles. The van der Waals surface area contributed by atoms with Gasteiger partial charge in [0.05, 0.1) is 13.2 Å². The highest BCUT2D eigenvalue weighted by atomic mass is 16.4. The van der Waals surface area contributed by atoms with Crippen LogP contribution in [0.5, 0.6) is 0 Å². The molecule has 4 atom stereocenters. The van der Waals surface area contributed by atoms with Crippen LogP contribution >= 0.6 is 0 Å². The van der Waals surface area contributed by atoms with Crippen LogP contribution in [0, 0.1) is 0 Å². The lowest BCUT2D eigenvalue weighted by Crippen LogP contribution is -2.46. The topological polar surface area (TPSA) is 114 Å². The predicted octanol–water partition coefficient (Wildman–Crippen LogP) is 0.244. The van der Waals surface area contributed by atoms with Gasteiger partial charge in [0.15, 0.2) is 0 Å². The van der Waals surface area contributed by atoms with E-state index in [1.807, 2.05) is 0 Å². The monoisotopic (exact) mass is 305 g/mol. The molecule has 0 spiro atoms. The molecule has 21 heavy (non-hydrogen) atoms. The van der Waals surface area contributed by atoms with Gasteiger partial charge in [0.2, 0.25) is 0 Å². The molecular weight excluding hydrogens is 274 g/mol. The summed E-state index contributed by atoms with van der Waals surface area (Å²) in [4.78, 5) is 4.00. The molecule has 0 aromatic carbocycles. The van der Waals surface area contributed by atoms with Gasteiger partial charge in [-0.25, -0.2) is 0 Å².